The van der Waals surface area contributed by atoms with Crippen molar-refractivity contribution >= 4 is 10.1 Å². The molecule has 0 rings (SSSR count). The molecule has 0 aliphatic heterocycles. The summed E-state index contributed by atoms with van der Waals surface area (Å²) in [6, 6.07) is 0. The van der Waals surface area contributed by atoms with Gasteiger partial charge in [0.25, 0.3) is 0 Å². The molecule has 0 saturated carbocycles. The summed E-state index contributed by atoms with van der Waals surface area (Å²) >= 11 is 0. The minimum Gasteiger partial charge on any atom is -0.746 e. The maximum atomic E-state index is 11.3. The molecule has 0 radical (unpaired) electrons. The van der Waals surface area contributed by atoms with E-state index in [0.29, 0.717) is 12.8 Å². The first-order valence-electron chi connectivity index (χ1n) is 9.05. The predicted octanol–water partition coefficient (Wildman–Crippen LogP) is 1.73. The molecule has 0 amide bonds. The van der Waals surface area contributed by atoms with Crippen LogP contribution in [0, 0.1) is 0 Å². The molecule has 0 aromatic heterocycles. The van der Waals surface area contributed by atoms with Crippen LogP contribution < -0.4 is 51.4 Å². The van der Waals surface area contributed by atoms with Gasteiger partial charge in [-0.25, -0.2) is 8.42 Å². The fraction of sp³-hybridized carbons (Fsp3) is 1.00. The summed E-state index contributed by atoms with van der Waals surface area (Å²) in [4.78, 5) is -2.05. The zero-order chi connectivity index (χ0) is 16.9. The average molecular weight is 375 g/mol. The summed E-state index contributed by atoms with van der Waals surface area (Å²) in [5, 5.41) is 10.2. The fourth-order valence-corrected chi connectivity index (χ4v) is 3.53. The van der Waals surface area contributed by atoms with Crippen LogP contribution in [0.3, 0.4) is 0 Å². The first kappa shape index (κ1) is 26.7. The Labute approximate surface area is 186 Å². The second kappa shape index (κ2) is 15.7. The molecule has 0 fully saturated rings. The first-order chi connectivity index (χ1) is 10.4. The number of aliphatic hydroxyl groups is 1. The topological polar surface area (TPSA) is 77.4 Å². The van der Waals surface area contributed by atoms with E-state index in [1.54, 1.807) is 0 Å². The van der Waals surface area contributed by atoms with E-state index in [1.165, 1.54) is 32.1 Å². The van der Waals surface area contributed by atoms with E-state index >= 15 is 0 Å². The number of rotatable bonds is 15. The molecule has 1 N–H and O–H groups in total. The van der Waals surface area contributed by atoms with Gasteiger partial charge in [-0.2, -0.15) is 0 Å². The van der Waals surface area contributed by atoms with Crippen LogP contribution >= 0.6 is 0 Å². The van der Waals surface area contributed by atoms with Crippen molar-refractivity contribution in [3.63, 3.8) is 0 Å². The average Bonchev–Trinajstić information content (AvgIpc) is 2.44. The third-order valence-corrected chi connectivity index (χ3v) is 5.65. The Morgan fingerprint density at radius 3 is 1.43 bits per heavy atom. The molecule has 4 nitrogen and oxygen atoms in total. The van der Waals surface area contributed by atoms with Gasteiger partial charge in [0.15, 0.2) is 4.93 Å². The van der Waals surface area contributed by atoms with E-state index in [4.69, 9.17) is 0 Å². The molecular formula is C17H35KO4S. The molecule has 6 heteroatoms. The first-order valence-corrected chi connectivity index (χ1v) is 10.5. The van der Waals surface area contributed by atoms with Crippen LogP contribution in [0.2, 0.25) is 0 Å². The van der Waals surface area contributed by atoms with Crippen LogP contribution in [0.4, 0.5) is 0 Å². The molecular weight excluding hydrogens is 339 g/mol. The molecule has 0 aliphatic rings. The predicted molar refractivity (Wildman–Crippen MR) is 90.6 cm³/mol. The SMILES string of the molecule is CCCCCCCCCCCC(O)(CCCCC)S(=O)(=O)[O-].[K+]. The van der Waals surface area contributed by atoms with Crippen molar-refractivity contribution in [2.24, 2.45) is 0 Å². The van der Waals surface area contributed by atoms with E-state index in [1.807, 2.05) is 6.92 Å². The van der Waals surface area contributed by atoms with Crippen LogP contribution in [-0.4, -0.2) is 23.0 Å². The third kappa shape index (κ3) is 13.4. The molecule has 1 atom stereocenters. The summed E-state index contributed by atoms with van der Waals surface area (Å²) in [5.74, 6) is 0. The van der Waals surface area contributed by atoms with Crippen molar-refractivity contribution in [1.82, 2.24) is 0 Å². The Morgan fingerprint density at radius 1 is 0.739 bits per heavy atom. The normalized spacial score (nSPS) is 14.3. The van der Waals surface area contributed by atoms with Gasteiger partial charge in [-0.3, -0.25) is 0 Å². The molecule has 0 aromatic rings. The Bertz CT molecular complexity index is 360. The van der Waals surface area contributed by atoms with Crippen molar-refractivity contribution in [1.29, 1.82) is 0 Å². The van der Waals surface area contributed by atoms with Crippen molar-refractivity contribution in [3.05, 3.63) is 0 Å². The summed E-state index contributed by atoms with van der Waals surface area (Å²) in [6.07, 6.45) is 12.6. The number of hydrogen-bond donors (Lipinski definition) is 1. The van der Waals surface area contributed by atoms with E-state index in [2.05, 4.69) is 6.92 Å². The van der Waals surface area contributed by atoms with Gasteiger partial charge in [-0.15, -0.1) is 0 Å². The summed E-state index contributed by atoms with van der Waals surface area (Å²) in [5.41, 5.74) is 0. The van der Waals surface area contributed by atoms with Gasteiger partial charge in [0.2, 0.25) is 0 Å². The monoisotopic (exact) mass is 374 g/mol. The van der Waals surface area contributed by atoms with Crippen LogP contribution in [0.15, 0.2) is 0 Å². The zero-order valence-corrected chi connectivity index (χ0v) is 19.4. The van der Waals surface area contributed by atoms with Crippen molar-refractivity contribution < 1.29 is 69.5 Å². The van der Waals surface area contributed by atoms with E-state index in [-0.39, 0.29) is 64.2 Å². The summed E-state index contributed by atoms with van der Waals surface area (Å²) in [7, 11) is -4.65. The number of unbranched alkanes of at least 4 members (excludes halogenated alkanes) is 10. The largest absolute Gasteiger partial charge is 1.00 e. The van der Waals surface area contributed by atoms with Gasteiger partial charge in [-0.1, -0.05) is 78.1 Å². The van der Waals surface area contributed by atoms with E-state index in [9.17, 15) is 18.1 Å². The second-order valence-corrected chi connectivity index (χ2v) is 8.10. The van der Waals surface area contributed by atoms with Gasteiger partial charge in [0.1, 0.15) is 10.1 Å². The summed E-state index contributed by atoms with van der Waals surface area (Å²) < 4.78 is 33.9. The third-order valence-electron chi connectivity index (χ3n) is 4.31. The van der Waals surface area contributed by atoms with E-state index < -0.39 is 15.1 Å². The molecule has 0 saturated heterocycles. The second-order valence-electron chi connectivity index (χ2n) is 6.44. The number of hydrogen-bond acceptors (Lipinski definition) is 4. The minimum atomic E-state index is -4.65. The van der Waals surface area contributed by atoms with Crippen LogP contribution in [0.5, 0.6) is 0 Å². The van der Waals surface area contributed by atoms with Crippen molar-refractivity contribution in [3.8, 4) is 0 Å². The summed E-state index contributed by atoms with van der Waals surface area (Å²) in [6.45, 7) is 4.21. The zero-order valence-electron chi connectivity index (χ0n) is 15.5. The molecule has 0 bridgehead atoms. The van der Waals surface area contributed by atoms with Crippen LogP contribution in [0.1, 0.15) is 104 Å². The molecule has 1 unspecified atom stereocenters. The van der Waals surface area contributed by atoms with Gasteiger partial charge in [0, 0.05) is 0 Å². The molecule has 0 heterocycles. The fourth-order valence-electron chi connectivity index (χ4n) is 2.74. The Morgan fingerprint density at radius 2 is 1.04 bits per heavy atom. The maximum absolute atomic E-state index is 11.3. The molecule has 134 valence electrons. The van der Waals surface area contributed by atoms with Crippen LogP contribution in [0.25, 0.3) is 0 Å². The van der Waals surface area contributed by atoms with E-state index in [0.717, 1.165) is 32.1 Å². The van der Waals surface area contributed by atoms with Crippen LogP contribution in [-0.2, 0) is 10.1 Å². The molecule has 23 heavy (non-hydrogen) atoms. The Balaban J connectivity index is 0. The molecule has 0 aliphatic carbocycles. The van der Waals surface area contributed by atoms with Gasteiger partial charge in [-0.05, 0) is 25.7 Å². The van der Waals surface area contributed by atoms with Gasteiger partial charge < -0.3 is 9.66 Å². The maximum Gasteiger partial charge on any atom is 1.00 e. The quantitative estimate of drug-likeness (QED) is 0.269. The molecule has 0 spiro atoms. The standard InChI is InChI=1S/C17H36O4S.K/c1-3-5-7-8-9-10-11-12-14-16-17(18,22(19,20)21)15-13-6-4-2;/h18H,3-16H2,1-2H3,(H,19,20,21);/q;+1/p-1. The smallest absolute Gasteiger partial charge is 0.746 e. The minimum absolute atomic E-state index is 0. The van der Waals surface area contributed by atoms with Crippen molar-refractivity contribution in [2.45, 2.75) is 109 Å². The van der Waals surface area contributed by atoms with Gasteiger partial charge in [0.05, 0.1) is 0 Å². The van der Waals surface area contributed by atoms with Crippen molar-refractivity contribution in [2.75, 3.05) is 0 Å². The Hall–Kier alpha value is 1.51. The molecule has 0 aromatic carbocycles. The van der Waals surface area contributed by atoms with Gasteiger partial charge >= 0.3 is 51.4 Å². The Kier molecular flexibility index (Phi) is 18.3.